The van der Waals surface area contributed by atoms with E-state index in [0.29, 0.717) is 0 Å². The van der Waals surface area contributed by atoms with E-state index in [2.05, 4.69) is 20.8 Å². The smallest absolute Gasteiger partial charge is 0.0967 e. The molecule has 0 aromatic rings. The standard InChI is InChI=1S/2C6H13.C2H5.Al/c2*1-3-5-6-4-2;1-2;/h2*1,3-6H2,2H3;1H2,2H3;. The van der Waals surface area contributed by atoms with Gasteiger partial charge in [-0.25, -0.2) is 0 Å². The third kappa shape index (κ3) is 10.8. The fourth-order valence-corrected chi connectivity index (χ4v) is 5.11. The summed E-state index contributed by atoms with van der Waals surface area (Å²) >= 11 is -0.298. The molecule has 15 heavy (non-hydrogen) atoms. The van der Waals surface area contributed by atoms with Gasteiger partial charge in [-0.05, 0) is 0 Å². The van der Waals surface area contributed by atoms with E-state index >= 15 is 0 Å². The van der Waals surface area contributed by atoms with Crippen molar-refractivity contribution in [2.75, 3.05) is 0 Å². The van der Waals surface area contributed by atoms with Crippen LogP contribution in [-0.2, 0) is 0 Å². The molecule has 0 fully saturated rings. The van der Waals surface area contributed by atoms with Gasteiger partial charge in [-0.1, -0.05) is 88.0 Å². The van der Waals surface area contributed by atoms with Crippen molar-refractivity contribution in [1.82, 2.24) is 0 Å². The van der Waals surface area contributed by atoms with E-state index in [4.69, 9.17) is 0 Å². The highest BCUT2D eigenvalue weighted by Gasteiger charge is 2.12. The maximum absolute atomic E-state index is 2.43. The fourth-order valence-electron chi connectivity index (χ4n) is 2.27. The summed E-state index contributed by atoms with van der Waals surface area (Å²) in [4.78, 5) is 0. The van der Waals surface area contributed by atoms with Crippen LogP contribution in [0.3, 0.4) is 0 Å². The predicted molar refractivity (Wildman–Crippen MR) is 74.1 cm³/mol. The molecule has 0 N–H and O–H groups in total. The highest BCUT2D eigenvalue weighted by molar-refractivity contribution is 6.58. The van der Waals surface area contributed by atoms with Gasteiger partial charge in [-0.2, -0.15) is 0 Å². The lowest BCUT2D eigenvalue weighted by molar-refractivity contribution is 0.684. The van der Waals surface area contributed by atoms with E-state index in [9.17, 15) is 0 Å². The first-order valence-corrected chi connectivity index (χ1v) is 9.80. The van der Waals surface area contributed by atoms with E-state index in [-0.39, 0.29) is 14.1 Å². The molecule has 0 aliphatic rings. The van der Waals surface area contributed by atoms with E-state index in [1.807, 2.05) is 0 Å². The lowest BCUT2D eigenvalue weighted by Crippen LogP contribution is -2.09. The van der Waals surface area contributed by atoms with Gasteiger partial charge in [0.05, 0.1) is 0 Å². The largest absolute Gasteiger partial charge is 0.261 e. The topological polar surface area (TPSA) is 0 Å². The molecular formula is C14H31Al. The van der Waals surface area contributed by atoms with Crippen LogP contribution in [0.4, 0.5) is 0 Å². The summed E-state index contributed by atoms with van der Waals surface area (Å²) in [7, 11) is 0. The zero-order valence-corrected chi connectivity index (χ0v) is 12.5. The molecule has 90 valence electrons. The average molecular weight is 226 g/mol. The summed E-state index contributed by atoms with van der Waals surface area (Å²) in [5.41, 5.74) is 0. The van der Waals surface area contributed by atoms with Crippen molar-refractivity contribution in [3.63, 3.8) is 0 Å². The van der Waals surface area contributed by atoms with Crippen LogP contribution in [0.2, 0.25) is 15.8 Å². The molecule has 0 rings (SSSR count). The summed E-state index contributed by atoms with van der Waals surface area (Å²) in [5, 5.41) is 4.80. The van der Waals surface area contributed by atoms with Gasteiger partial charge in [-0.3, -0.25) is 0 Å². The average Bonchev–Trinajstić information content (AvgIpc) is 2.27. The molecule has 0 aromatic heterocycles. The maximum Gasteiger partial charge on any atom is 0.261 e. The van der Waals surface area contributed by atoms with Crippen LogP contribution in [0.1, 0.15) is 72.1 Å². The minimum Gasteiger partial charge on any atom is -0.0967 e. The van der Waals surface area contributed by atoms with Crippen LogP contribution in [0, 0.1) is 0 Å². The van der Waals surface area contributed by atoms with Crippen LogP contribution in [-0.4, -0.2) is 14.1 Å². The molecule has 0 spiro atoms. The molecule has 0 amide bonds. The van der Waals surface area contributed by atoms with Crippen molar-refractivity contribution >= 4 is 14.1 Å². The Bertz CT molecular complexity index is 99.9. The van der Waals surface area contributed by atoms with E-state index in [1.54, 1.807) is 10.6 Å². The third-order valence-electron chi connectivity index (χ3n) is 3.51. The summed E-state index contributed by atoms with van der Waals surface area (Å²) in [5.74, 6) is 0. The second-order valence-corrected chi connectivity index (χ2v) is 8.68. The Morgan fingerprint density at radius 2 is 1.07 bits per heavy atom. The van der Waals surface area contributed by atoms with Crippen molar-refractivity contribution in [2.24, 2.45) is 0 Å². The third-order valence-corrected chi connectivity index (χ3v) is 7.11. The molecule has 0 unspecified atom stereocenters. The van der Waals surface area contributed by atoms with Crippen molar-refractivity contribution in [3.05, 3.63) is 0 Å². The minimum absolute atomic E-state index is 0.298. The number of hydrogen-bond acceptors (Lipinski definition) is 0. The molecule has 0 aromatic carbocycles. The maximum atomic E-state index is 2.43. The highest BCUT2D eigenvalue weighted by atomic mass is 27.2. The molecule has 0 nitrogen and oxygen atoms in total. The lowest BCUT2D eigenvalue weighted by atomic mass is 10.2. The Labute approximate surface area is 102 Å². The van der Waals surface area contributed by atoms with Gasteiger partial charge in [0, 0.05) is 0 Å². The SMILES string of the molecule is CCCCC[CH2][Al]([CH2]C)[CH2]CCCCC. The molecule has 0 saturated carbocycles. The Kier molecular flexibility index (Phi) is 13.0. The van der Waals surface area contributed by atoms with E-state index < -0.39 is 0 Å². The molecule has 0 saturated heterocycles. The lowest BCUT2D eigenvalue weighted by Gasteiger charge is -2.08. The minimum atomic E-state index is -0.298. The number of unbranched alkanes of at least 4 members (excludes halogenated alkanes) is 6. The Hall–Kier alpha value is 0.532. The predicted octanol–water partition coefficient (Wildman–Crippen LogP) is 5.66. The van der Waals surface area contributed by atoms with Gasteiger partial charge >= 0.3 is 0 Å². The first kappa shape index (κ1) is 15.5. The summed E-state index contributed by atoms with van der Waals surface area (Å²) in [6, 6.07) is 0. The van der Waals surface area contributed by atoms with Crippen molar-refractivity contribution < 1.29 is 0 Å². The van der Waals surface area contributed by atoms with Crippen molar-refractivity contribution in [3.8, 4) is 0 Å². The second kappa shape index (κ2) is 12.6. The summed E-state index contributed by atoms with van der Waals surface area (Å²) < 4.78 is 0. The summed E-state index contributed by atoms with van der Waals surface area (Å²) in [6.07, 6.45) is 11.7. The van der Waals surface area contributed by atoms with Crippen molar-refractivity contribution in [2.45, 2.75) is 88.0 Å². The number of hydrogen-bond donors (Lipinski definition) is 0. The monoisotopic (exact) mass is 226 g/mol. The van der Waals surface area contributed by atoms with Crippen LogP contribution in [0.25, 0.3) is 0 Å². The number of rotatable bonds is 11. The molecule has 1 heteroatoms. The molecule has 0 bridgehead atoms. The van der Waals surface area contributed by atoms with Crippen LogP contribution >= 0.6 is 0 Å². The fraction of sp³-hybridized carbons (Fsp3) is 1.00. The van der Waals surface area contributed by atoms with Gasteiger partial charge in [0.2, 0.25) is 0 Å². The Morgan fingerprint density at radius 1 is 0.600 bits per heavy atom. The molecule has 0 heterocycles. The van der Waals surface area contributed by atoms with E-state index in [0.717, 1.165) is 0 Å². The molecule has 0 aliphatic heterocycles. The second-order valence-electron chi connectivity index (χ2n) is 4.97. The van der Waals surface area contributed by atoms with Gasteiger partial charge in [-0.15, -0.1) is 0 Å². The van der Waals surface area contributed by atoms with Gasteiger partial charge < -0.3 is 0 Å². The normalized spacial score (nSPS) is 10.6. The summed E-state index contributed by atoms with van der Waals surface area (Å²) in [6.45, 7) is 7.04. The van der Waals surface area contributed by atoms with Crippen LogP contribution < -0.4 is 0 Å². The Balaban J connectivity index is 3.29. The zero-order chi connectivity index (χ0) is 11.4. The highest BCUT2D eigenvalue weighted by Crippen LogP contribution is 2.15. The van der Waals surface area contributed by atoms with Gasteiger partial charge in [0.25, 0.3) is 14.1 Å². The Morgan fingerprint density at radius 3 is 1.40 bits per heavy atom. The van der Waals surface area contributed by atoms with Crippen molar-refractivity contribution in [1.29, 1.82) is 0 Å². The molecule has 0 atom stereocenters. The van der Waals surface area contributed by atoms with Crippen LogP contribution in [0.5, 0.6) is 0 Å². The van der Waals surface area contributed by atoms with Crippen LogP contribution in [0.15, 0.2) is 0 Å². The van der Waals surface area contributed by atoms with Gasteiger partial charge in [0.1, 0.15) is 0 Å². The zero-order valence-electron chi connectivity index (χ0n) is 11.4. The van der Waals surface area contributed by atoms with E-state index in [1.165, 1.54) is 56.6 Å². The molecule has 0 aliphatic carbocycles. The first-order chi connectivity index (χ1) is 7.35. The first-order valence-electron chi connectivity index (χ1n) is 7.35. The molecule has 0 radical (unpaired) electrons. The van der Waals surface area contributed by atoms with Gasteiger partial charge in [0.15, 0.2) is 0 Å². The molecular weight excluding hydrogens is 195 g/mol. The quantitative estimate of drug-likeness (QED) is 0.315.